The molecule has 0 atom stereocenters. The molecule has 1 N–H and O–H groups in total. The summed E-state index contributed by atoms with van der Waals surface area (Å²) < 4.78 is 28.0. The van der Waals surface area contributed by atoms with Gasteiger partial charge in [0.2, 0.25) is 0 Å². The highest BCUT2D eigenvalue weighted by Gasteiger charge is 2.18. The second kappa shape index (κ2) is 6.83. The summed E-state index contributed by atoms with van der Waals surface area (Å²) in [6.45, 7) is 4.79. The highest BCUT2D eigenvalue weighted by Crippen LogP contribution is 2.14. The van der Waals surface area contributed by atoms with Crippen LogP contribution in [-0.2, 0) is 16.8 Å². The number of aromatic nitrogens is 1. The lowest BCUT2D eigenvalue weighted by Crippen LogP contribution is -2.40. The van der Waals surface area contributed by atoms with E-state index < -0.39 is 10.2 Å². The summed E-state index contributed by atoms with van der Waals surface area (Å²) in [6.07, 6.45) is 1.69. The van der Waals surface area contributed by atoms with Crippen molar-refractivity contribution in [1.82, 2.24) is 14.0 Å². The van der Waals surface area contributed by atoms with Crippen molar-refractivity contribution in [3.63, 3.8) is 0 Å². The van der Waals surface area contributed by atoms with Gasteiger partial charge in [0.1, 0.15) is 5.82 Å². The van der Waals surface area contributed by atoms with Crippen LogP contribution in [0.4, 0.5) is 5.82 Å². The number of hydrogen-bond donors (Lipinski definition) is 1. The molecule has 0 aromatic carbocycles. The first-order valence-corrected chi connectivity index (χ1v) is 7.72. The van der Waals surface area contributed by atoms with Gasteiger partial charge in [-0.25, -0.2) is 4.98 Å². The van der Waals surface area contributed by atoms with Gasteiger partial charge in [-0.3, -0.25) is 0 Å². The van der Waals surface area contributed by atoms with Crippen molar-refractivity contribution < 1.29 is 8.42 Å². The van der Waals surface area contributed by atoms with Gasteiger partial charge in [-0.05, 0) is 6.07 Å². The summed E-state index contributed by atoms with van der Waals surface area (Å²) in [5.41, 5.74) is 0.850. The van der Waals surface area contributed by atoms with Crippen LogP contribution in [0.2, 0.25) is 0 Å². The Hall–Kier alpha value is -1.18. The van der Waals surface area contributed by atoms with Crippen molar-refractivity contribution in [3.05, 3.63) is 23.9 Å². The average Bonchev–Trinajstić information content (AvgIpc) is 2.38. The lowest BCUT2D eigenvalue weighted by molar-refractivity contribution is 0.434. The topological polar surface area (TPSA) is 65.5 Å². The third-order valence-electron chi connectivity index (χ3n) is 2.78. The summed E-state index contributed by atoms with van der Waals surface area (Å²) >= 11 is 0. The zero-order chi connectivity index (χ0) is 14.5. The number of nitrogens with zero attached hydrogens (tertiary/aromatic N) is 3. The second-order valence-corrected chi connectivity index (χ2v) is 6.05. The standard InChI is InChI=1S/C12H22N4O2S/c1-5-16(6-2)19(17,18)14-10-11-8-7-9-13-12(11)15(3)4/h7-9,14H,5-6,10H2,1-4H3. The zero-order valence-corrected chi connectivity index (χ0v) is 12.7. The Morgan fingerprint density at radius 2 is 1.89 bits per heavy atom. The molecule has 1 aromatic heterocycles. The van der Waals surface area contributed by atoms with E-state index in [1.54, 1.807) is 12.3 Å². The minimum atomic E-state index is -3.43. The van der Waals surface area contributed by atoms with Crippen LogP contribution in [0.3, 0.4) is 0 Å². The van der Waals surface area contributed by atoms with E-state index >= 15 is 0 Å². The molecule has 0 spiro atoms. The van der Waals surface area contributed by atoms with Crippen molar-refractivity contribution in [2.45, 2.75) is 20.4 Å². The third-order valence-corrected chi connectivity index (χ3v) is 4.49. The Balaban J connectivity index is 2.83. The van der Waals surface area contributed by atoms with E-state index in [4.69, 9.17) is 0 Å². The molecule has 0 aliphatic rings. The predicted molar refractivity (Wildman–Crippen MR) is 77.2 cm³/mol. The second-order valence-electron chi connectivity index (χ2n) is 4.29. The van der Waals surface area contributed by atoms with Crippen LogP contribution in [0.5, 0.6) is 0 Å². The molecular weight excluding hydrogens is 264 g/mol. The van der Waals surface area contributed by atoms with Gasteiger partial charge in [-0.2, -0.15) is 17.4 Å². The van der Waals surface area contributed by atoms with Crippen LogP contribution in [0.25, 0.3) is 0 Å². The fourth-order valence-electron chi connectivity index (χ4n) is 1.79. The number of pyridine rings is 1. The van der Waals surface area contributed by atoms with Gasteiger partial charge in [0.05, 0.1) is 0 Å². The first-order valence-electron chi connectivity index (χ1n) is 6.28. The van der Waals surface area contributed by atoms with Crippen LogP contribution in [-0.4, -0.2) is 44.9 Å². The smallest absolute Gasteiger partial charge is 0.279 e. The van der Waals surface area contributed by atoms with E-state index in [-0.39, 0.29) is 6.54 Å². The van der Waals surface area contributed by atoms with Crippen molar-refractivity contribution in [2.24, 2.45) is 0 Å². The van der Waals surface area contributed by atoms with Gasteiger partial charge in [0.15, 0.2) is 0 Å². The summed E-state index contributed by atoms with van der Waals surface area (Å²) in [7, 11) is 0.333. The van der Waals surface area contributed by atoms with Gasteiger partial charge < -0.3 is 4.90 Å². The largest absolute Gasteiger partial charge is 0.362 e. The molecule has 108 valence electrons. The highest BCUT2D eigenvalue weighted by atomic mass is 32.2. The van der Waals surface area contributed by atoms with E-state index in [9.17, 15) is 8.42 Å². The summed E-state index contributed by atoms with van der Waals surface area (Å²) in [6, 6.07) is 3.67. The summed E-state index contributed by atoms with van der Waals surface area (Å²) in [5.74, 6) is 0.768. The Labute approximate surface area is 115 Å². The van der Waals surface area contributed by atoms with Crippen molar-refractivity contribution in [3.8, 4) is 0 Å². The van der Waals surface area contributed by atoms with E-state index in [2.05, 4.69) is 9.71 Å². The normalized spacial score (nSPS) is 11.8. The van der Waals surface area contributed by atoms with Crippen LogP contribution >= 0.6 is 0 Å². The molecule has 0 aliphatic heterocycles. The predicted octanol–water partition coefficient (Wildman–Crippen LogP) is 0.824. The molecule has 0 fully saturated rings. The van der Waals surface area contributed by atoms with Gasteiger partial charge in [-0.15, -0.1) is 0 Å². The van der Waals surface area contributed by atoms with E-state index in [1.165, 1.54) is 4.31 Å². The van der Waals surface area contributed by atoms with Crippen LogP contribution in [0.1, 0.15) is 19.4 Å². The minimum Gasteiger partial charge on any atom is -0.362 e. The maximum Gasteiger partial charge on any atom is 0.279 e. The highest BCUT2D eigenvalue weighted by molar-refractivity contribution is 7.87. The molecule has 7 heteroatoms. The summed E-state index contributed by atoms with van der Waals surface area (Å²) in [5, 5.41) is 0. The molecule has 0 saturated heterocycles. The number of nitrogens with one attached hydrogen (secondary N) is 1. The van der Waals surface area contributed by atoms with Crippen molar-refractivity contribution >= 4 is 16.0 Å². The molecule has 19 heavy (non-hydrogen) atoms. The average molecular weight is 286 g/mol. The van der Waals surface area contributed by atoms with Gasteiger partial charge in [0.25, 0.3) is 10.2 Å². The maximum absolute atomic E-state index is 12.0. The van der Waals surface area contributed by atoms with Gasteiger partial charge in [0, 0.05) is 45.5 Å². The molecule has 1 heterocycles. The fraction of sp³-hybridized carbons (Fsp3) is 0.583. The van der Waals surface area contributed by atoms with Crippen molar-refractivity contribution in [1.29, 1.82) is 0 Å². The molecule has 0 saturated carbocycles. The first-order chi connectivity index (χ1) is 8.92. The fourth-order valence-corrected chi connectivity index (χ4v) is 3.00. The third kappa shape index (κ3) is 4.15. The molecule has 6 nitrogen and oxygen atoms in total. The van der Waals surface area contributed by atoms with Crippen LogP contribution < -0.4 is 9.62 Å². The number of hydrogen-bond acceptors (Lipinski definition) is 4. The monoisotopic (exact) mass is 286 g/mol. The molecular formula is C12H22N4O2S. The molecule has 0 bridgehead atoms. The van der Waals surface area contributed by atoms with Crippen LogP contribution in [0, 0.1) is 0 Å². The number of rotatable bonds is 7. The van der Waals surface area contributed by atoms with E-state index in [0.717, 1.165) is 11.4 Å². The molecule has 1 rings (SSSR count). The van der Waals surface area contributed by atoms with Gasteiger partial charge in [-0.1, -0.05) is 19.9 Å². The van der Waals surface area contributed by atoms with Crippen LogP contribution in [0.15, 0.2) is 18.3 Å². The molecule has 0 aliphatic carbocycles. The molecule has 0 radical (unpaired) electrons. The molecule has 0 amide bonds. The number of anilines is 1. The zero-order valence-electron chi connectivity index (χ0n) is 11.9. The lowest BCUT2D eigenvalue weighted by atomic mass is 10.2. The molecule has 0 unspecified atom stereocenters. The first kappa shape index (κ1) is 15.9. The Morgan fingerprint density at radius 1 is 1.26 bits per heavy atom. The maximum atomic E-state index is 12.0. The van der Waals surface area contributed by atoms with Crippen molar-refractivity contribution in [2.75, 3.05) is 32.1 Å². The minimum absolute atomic E-state index is 0.236. The Morgan fingerprint density at radius 3 is 2.42 bits per heavy atom. The quantitative estimate of drug-likeness (QED) is 0.806. The van der Waals surface area contributed by atoms with E-state index in [1.807, 2.05) is 38.9 Å². The lowest BCUT2D eigenvalue weighted by Gasteiger charge is -2.20. The van der Waals surface area contributed by atoms with Gasteiger partial charge >= 0.3 is 0 Å². The SMILES string of the molecule is CCN(CC)S(=O)(=O)NCc1cccnc1N(C)C. The Bertz CT molecular complexity index is 498. The summed E-state index contributed by atoms with van der Waals surface area (Å²) in [4.78, 5) is 6.10. The Kier molecular flexibility index (Phi) is 5.71. The van der Waals surface area contributed by atoms with E-state index in [0.29, 0.717) is 13.1 Å². The molecule has 1 aromatic rings.